The topological polar surface area (TPSA) is 83.1 Å². The van der Waals surface area contributed by atoms with Crippen LogP contribution >= 0.6 is 6.64 Å². The normalized spacial score (nSPS) is 14.1. The van der Waals surface area contributed by atoms with Gasteiger partial charge in [0.2, 0.25) is 0 Å². The maximum Gasteiger partial charge on any atom is 0.362 e. The van der Waals surface area contributed by atoms with E-state index < -0.39 is 12.6 Å². The molecular weight excluding hydrogens is 467 g/mol. The molecule has 6 nitrogen and oxygen atoms in total. The smallest absolute Gasteiger partial charge is 0.362 e. The predicted molar refractivity (Wildman–Crippen MR) is 149 cm³/mol. The number of amidine groups is 1. The number of hydrogen-bond donors (Lipinski definition) is 1. The minimum Gasteiger partial charge on any atom is -0.462 e. The number of esters is 1. The van der Waals surface area contributed by atoms with Gasteiger partial charge in [-0.15, -0.1) is 0 Å². The average molecular weight is 519 g/mol. The molecule has 2 N–H and O–H groups in total. The summed E-state index contributed by atoms with van der Waals surface area (Å²) in [6.45, 7) is 6.46. The molecule has 0 aliphatic carbocycles. The molecule has 0 spiro atoms. The Labute approximate surface area is 214 Å². The van der Waals surface area contributed by atoms with Gasteiger partial charge in [0, 0.05) is 24.6 Å². The standard InChI is InChI=1S/C26H51N2O4PS/c1-5-9-13-17-21-30-26(29)23-24(19-15-11-7-3)32-33(34,31-22-18-14-10-6-2)28-25(27)20-16-12-8-4/h23H,5-22H2,1-4H3,(H2,27,28,34). The number of carbonyl (C=O) groups excluding carboxylic acids is 1. The molecule has 0 saturated heterocycles. The quantitative estimate of drug-likeness (QED) is 0.0278. The first-order valence-electron chi connectivity index (χ1n) is 13.6. The molecule has 0 bridgehead atoms. The summed E-state index contributed by atoms with van der Waals surface area (Å²) in [5.41, 5.74) is 6.20. The van der Waals surface area contributed by atoms with E-state index in [9.17, 15) is 4.79 Å². The molecule has 200 valence electrons. The van der Waals surface area contributed by atoms with Crippen LogP contribution in [0.5, 0.6) is 0 Å². The van der Waals surface area contributed by atoms with Crippen molar-refractivity contribution in [3.63, 3.8) is 0 Å². The molecule has 1 atom stereocenters. The lowest BCUT2D eigenvalue weighted by atomic mass is 10.2. The highest BCUT2D eigenvalue weighted by molar-refractivity contribution is 8.09. The maximum atomic E-state index is 12.4. The van der Waals surface area contributed by atoms with Crippen LogP contribution in [0.15, 0.2) is 16.6 Å². The lowest BCUT2D eigenvalue weighted by Gasteiger charge is -2.21. The summed E-state index contributed by atoms with van der Waals surface area (Å²) >= 11 is 5.78. The molecule has 0 radical (unpaired) electrons. The number of hydrogen-bond acceptors (Lipinski definition) is 5. The molecule has 8 heteroatoms. The fourth-order valence-electron chi connectivity index (χ4n) is 3.26. The van der Waals surface area contributed by atoms with Crippen molar-refractivity contribution in [2.24, 2.45) is 10.5 Å². The van der Waals surface area contributed by atoms with Crippen LogP contribution in [0, 0.1) is 0 Å². The number of carbonyl (C=O) groups is 1. The van der Waals surface area contributed by atoms with E-state index in [1.54, 1.807) is 0 Å². The van der Waals surface area contributed by atoms with Gasteiger partial charge in [-0.2, -0.15) is 4.76 Å². The third-order valence-electron chi connectivity index (χ3n) is 5.32. The molecule has 0 rings (SSSR count). The number of unbranched alkanes of at least 4 members (excludes halogenated alkanes) is 10. The van der Waals surface area contributed by atoms with E-state index in [0.717, 1.165) is 89.9 Å². The summed E-state index contributed by atoms with van der Waals surface area (Å²) in [6.07, 6.45) is 17.4. The molecule has 0 aromatic rings. The summed E-state index contributed by atoms with van der Waals surface area (Å²) in [7, 11) is 0. The van der Waals surface area contributed by atoms with Crippen molar-refractivity contribution in [3.8, 4) is 0 Å². The third-order valence-corrected chi connectivity index (χ3v) is 7.58. The lowest BCUT2D eigenvalue weighted by Crippen LogP contribution is -2.12. The van der Waals surface area contributed by atoms with Gasteiger partial charge < -0.3 is 19.5 Å². The molecule has 0 amide bonds. The number of allylic oxidation sites excluding steroid dienone is 1. The van der Waals surface area contributed by atoms with Gasteiger partial charge in [0.05, 0.1) is 19.3 Å². The van der Waals surface area contributed by atoms with E-state index in [4.69, 9.17) is 31.3 Å². The zero-order valence-corrected chi connectivity index (χ0v) is 24.0. The van der Waals surface area contributed by atoms with Gasteiger partial charge in [-0.1, -0.05) is 91.9 Å². The van der Waals surface area contributed by atoms with Gasteiger partial charge >= 0.3 is 12.6 Å². The second-order valence-electron chi connectivity index (χ2n) is 8.80. The maximum absolute atomic E-state index is 12.4. The van der Waals surface area contributed by atoms with Crippen molar-refractivity contribution in [3.05, 3.63) is 11.8 Å². The zero-order chi connectivity index (χ0) is 25.5. The van der Waals surface area contributed by atoms with E-state index in [1.807, 2.05) is 0 Å². The molecule has 1 unspecified atom stereocenters. The van der Waals surface area contributed by atoms with E-state index in [0.29, 0.717) is 37.7 Å². The minimum absolute atomic E-state index is 0.396. The Morgan fingerprint density at radius 2 is 1.32 bits per heavy atom. The van der Waals surface area contributed by atoms with Gasteiger partial charge in [-0.3, -0.25) is 0 Å². The van der Waals surface area contributed by atoms with Gasteiger partial charge in [-0.05, 0) is 25.7 Å². The molecule has 0 fully saturated rings. The molecule has 0 heterocycles. The van der Waals surface area contributed by atoms with Crippen LogP contribution in [0.3, 0.4) is 0 Å². The first-order chi connectivity index (χ1) is 16.4. The summed E-state index contributed by atoms with van der Waals surface area (Å²) in [6, 6.07) is 0. The molecule has 0 aromatic heterocycles. The van der Waals surface area contributed by atoms with E-state index >= 15 is 0 Å². The Hall–Kier alpha value is -0.910. The van der Waals surface area contributed by atoms with Crippen LogP contribution in [-0.2, 0) is 30.4 Å². The first kappa shape index (κ1) is 33.1. The zero-order valence-electron chi connectivity index (χ0n) is 22.3. The van der Waals surface area contributed by atoms with Gasteiger partial charge in [0.25, 0.3) is 0 Å². The summed E-state index contributed by atoms with van der Waals surface area (Å²) < 4.78 is 22.2. The van der Waals surface area contributed by atoms with Crippen LogP contribution in [0.1, 0.15) is 130 Å². The Morgan fingerprint density at radius 3 is 1.91 bits per heavy atom. The van der Waals surface area contributed by atoms with Crippen LogP contribution in [0.4, 0.5) is 0 Å². The minimum atomic E-state index is -3.05. The third kappa shape index (κ3) is 19.4. The molecular formula is C26H51N2O4PS. The molecule has 0 saturated carbocycles. The lowest BCUT2D eigenvalue weighted by molar-refractivity contribution is -0.138. The van der Waals surface area contributed by atoms with Gasteiger partial charge in [-0.25, -0.2) is 4.79 Å². The van der Waals surface area contributed by atoms with Crippen molar-refractivity contribution in [2.45, 2.75) is 130 Å². The monoisotopic (exact) mass is 518 g/mol. The van der Waals surface area contributed by atoms with E-state index in [-0.39, 0.29) is 0 Å². The second-order valence-corrected chi connectivity index (χ2v) is 11.8. The van der Waals surface area contributed by atoms with Gasteiger partial charge in [0.1, 0.15) is 11.6 Å². The molecule has 34 heavy (non-hydrogen) atoms. The Balaban J connectivity index is 5.36. The molecule has 0 aliphatic heterocycles. The number of nitrogens with two attached hydrogens (primary N) is 1. The molecule has 0 aliphatic rings. The highest BCUT2D eigenvalue weighted by Crippen LogP contribution is 2.53. The van der Waals surface area contributed by atoms with Gasteiger partial charge in [0.15, 0.2) is 0 Å². The summed E-state index contributed by atoms with van der Waals surface area (Å²) in [5.74, 6) is 0.568. The van der Waals surface area contributed by atoms with Crippen molar-refractivity contribution >= 4 is 30.3 Å². The SMILES string of the molecule is CCCCCCOC(=O)C=C(CCCCC)OP(=S)(N=C(N)CCCCC)OCCCCCC. The van der Waals surface area contributed by atoms with Crippen LogP contribution in [0.2, 0.25) is 0 Å². The van der Waals surface area contributed by atoms with Crippen molar-refractivity contribution < 1.29 is 18.6 Å². The van der Waals surface area contributed by atoms with Crippen LogP contribution in [-0.4, -0.2) is 25.0 Å². The first-order valence-corrected chi connectivity index (χ1v) is 16.2. The van der Waals surface area contributed by atoms with Crippen molar-refractivity contribution in [1.82, 2.24) is 0 Å². The predicted octanol–water partition coefficient (Wildman–Crippen LogP) is 8.35. The number of ether oxygens (including phenoxy) is 1. The van der Waals surface area contributed by atoms with E-state index in [2.05, 4.69) is 32.5 Å². The van der Waals surface area contributed by atoms with Crippen LogP contribution < -0.4 is 5.73 Å². The van der Waals surface area contributed by atoms with Crippen LogP contribution in [0.25, 0.3) is 0 Å². The molecule has 0 aromatic carbocycles. The average Bonchev–Trinajstić information content (AvgIpc) is 2.79. The fourth-order valence-corrected chi connectivity index (χ4v) is 5.46. The largest absolute Gasteiger partial charge is 0.462 e. The number of nitrogens with zero attached hydrogens (tertiary/aromatic N) is 1. The fraction of sp³-hybridized carbons (Fsp3) is 0.846. The number of rotatable bonds is 23. The van der Waals surface area contributed by atoms with Crippen molar-refractivity contribution in [2.75, 3.05) is 13.2 Å². The van der Waals surface area contributed by atoms with E-state index in [1.165, 1.54) is 6.08 Å². The van der Waals surface area contributed by atoms with Crippen molar-refractivity contribution in [1.29, 1.82) is 0 Å². The summed E-state index contributed by atoms with van der Waals surface area (Å²) in [4.78, 5) is 12.4. The summed E-state index contributed by atoms with van der Waals surface area (Å²) in [5, 5.41) is 0. The Kier molecular flexibility index (Phi) is 21.9. The second kappa shape index (κ2) is 22.5. The Bertz CT molecular complexity index is 626. The highest BCUT2D eigenvalue weighted by Gasteiger charge is 2.23. The highest BCUT2D eigenvalue weighted by atomic mass is 32.5. The Morgan fingerprint density at radius 1 is 0.794 bits per heavy atom.